The van der Waals surface area contributed by atoms with Gasteiger partial charge in [0.15, 0.2) is 0 Å². The van der Waals surface area contributed by atoms with Crippen LogP contribution < -0.4 is 5.73 Å². The summed E-state index contributed by atoms with van der Waals surface area (Å²) in [6.45, 7) is 2.30. The van der Waals surface area contributed by atoms with Crippen molar-refractivity contribution in [3.05, 3.63) is 63.9 Å². The van der Waals surface area contributed by atoms with Gasteiger partial charge in [-0.3, -0.25) is 9.88 Å². The van der Waals surface area contributed by atoms with E-state index in [0.717, 1.165) is 23.3 Å². The van der Waals surface area contributed by atoms with E-state index in [4.69, 9.17) is 5.73 Å². The Hall–Kier alpha value is -1.23. The van der Waals surface area contributed by atoms with Crippen LogP contribution >= 0.6 is 15.9 Å². The van der Waals surface area contributed by atoms with Crippen LogP contribution in [0.3, 0.4) is 0 Å². The Labute approximate surface area is 122 Å². The van der Waals surface area contributed by atoms with Crippen LogP contribution in [0.2, 0.25) is 0 Å². The Morgan fingerprint density at radius 3 is 2.58 bits per heavy atom. The van der Waals surface area contributed by atoms with Gasteiger partial charge >= 0.3 is 0 Å². The monoisotopic (exact) mass is 319 g/mol. The minimum Gasteiger partial charge on any atom is -0.325 e. The highest BCUT2D eigenvalue weighted by Gasteiger charge is 2.03. The fourth-order valence-corrected chi connectivity index (χ4v) is 2.50. The molecule has 0 unspecified atom stereocenters. The predicted octanol–water partition coefficient (Wildman–Crippen LogP) is 2.93. The van der Waals surface area contributed by atoms with Crippen LogP contribution in [0.1, 0.15) is 16.8 Å². The lowest BCUT2D eigenvalue weighted by Crippen LogP contribution is -2.17. The standard InChI is InChI=1S/C15H18BrN3/c1-19(10-12-3-2-4-14(16)7-12)11-13-5-6-18-15(8-13)9-17/h2-8H,9-11,17H2,1H3. The maximum Gasteiger partial charge on any atom is 0.0542 e. The second-order valence-electron chi connectivity index (χ2n) is 4.66. The fourth-order valence-electron chi connectivity index (χ4n) is 2.05. The number of nitrogens with two attached hydrogens (primary N) is 1. The first kappa shape index (κ1) is 14.2. The summed E-state index contributed by atoms with van der Waals surface area (Å²) in [5.74, 6) is 0. The molecule has 1 heterocycles. The molecule has 0 radical (unpaired) electrons. The van der Waals surface area contributed by atoms with Crippen LogP contribution in [-0.2, 0) is 19.6 Å². The normalized spacial score (nSPS) is 10.9. The summed E-state index contributed by atoms with van der Waals surface area (Å²) >= 11 is 3.50. The zero-order valence-electron chi connectivity index (χ0n) is 11.0. The lowest BCUT2D eigenvalue weighted by molar-refractivity contribution is 0.319. The Kier molecular flexibility index (Phi) is 5.07. The first-order chi connectivity index (χ1) is 9.17. The maximum atomic E-state index is 5.61. The van der Waals surface area contributed by atoms with Crippen LogP contribution in [0.25, 0.3) is 0 Å². The molecule has 100 valence electrons. The first-order valence-corrected chi connectivity index (χ1v) is 7.03. The lowest BCUT2D eigenvalue weighted by atomic mass is 10.2. The van der Waals surface area contributed by atoms with Crippen molar-refractivity contribution in [2.45, 2.75) is 19.6 Å². The Balaban J connectivity index is 1.98. The first-order valence-electron chi connectivity index (χ1n) is 6.24. The summed E-state index contributed by atoms with van der Waals surface area (Å²) in [4.78, 5) is 6.49. The van der Waals surface area contributed by atoms with Crippen molar-refractivity contribution in [2.24, 2.45) is 5.73 Å². The molecule has 4 heteroatoms. The summed E-state index contributed by atoms with van der Waals surface area (Å²) in [6.07, 6.45) is 1.82. The van der Waals surface area contributed by atoms with E-state index in [1.807, 2.05) is 18.3 Å². The molecule has 0 saturated carbocycles. The molecule has 0 amide bonds. The minimum absolute atomic E-state index is 0.489. The molecule has 2 rings (SSSR count). The lowest BCUT2D eigenvalue weighted by Gasteiger charge is -2.17. The largest absolute Gasteiger partial charge is 0.325 e. The molecule has 0 aliphatic rings. The Bertz CT molecular complexity index is 542. The van der Waals surface area contributed by atoms with E-state index < -0.39 is 0 Å². The minimum atomic E-state index is 0.489. The van der Waals surface area contributed by atoms with Gasteiger partial charge in [-0.1, -0.05) is 28.1 Å². The van der Waals surface area contributed by atoms with E-state index in [0.29, 0.717) is 6.54 Å². The SMILES string of the molecule is CN(Cc1cccc(Br)c1)Cc1ccnc(CN)c1. The van der Waals surface area contributed by atoms with Gasteiger partial charge in [0, 0.05) is 30.3 Å². The van der Waals surface area contributed by atoms with Gasteiger partial charge in [0.1, 0.15) is 0 Å². The molecular formula is C15H18BrN3. The number of pyridine rings is 1. The molecule has 2 N–H and O–H groups in total. The van der Waals surface area contributed by atoms with E-state index >= 15 is 0 Å². The second-order valence-corrected chi connectivity index (χ2v) is 5.58. The predicted molar refractivity (Wildman–Crippen MR) is 81.4 cm³/mol. The quantitative estimate of drug-likeness (QED) is 0.921. The Morgan fingerprint density at radius 1 is 1.16 bits per heavy atom. The van der Waals surface area contributed by atoms with Crippen LogP contribution in [0.4, 0.5) is 0 Å². The number of rotatable bonds is 5. The number of hydrogen-bond donors (Lipinski definition) is 1. The third-order valence-corrected chi connectivity index (χ3v) is 3.38. The van der Waals surface area contributed by atoms with Gasteiger partial charge in [-0.15, -0.1) is 0 Å². The van der Waals surface area contributed by atoms with Crippen molar-refractivity contribution in [3.8, 4) is 0 Å². The Morgan fingerprint density at radius 2 is 1.89 bits per heavy atom. The van der Waals surface area contributed by atoms with Gasteiger partial charge < -0.3 is 5.73 Å². The van der Waals surface area contributed by atoms with Crippen molar-refractivity contribution >= 4 is 15.9 Å². The zero-order chi connectivity index (χ0) is 13.7. The number of aromatic nitrogens is 1. The molecule has 0 bridgehead atoms. The molecule has 19 heavy (non-hydrogen) atoms. The van der Waals surface area contributed by atoms with Gasteiger partial charge in [-0.2, -0.15) is 0 Å². The molecule has 0 aliphatic heterocycles. The number of nitrogens with zero attached hydrogens (tertiary/aromatic N) is 2. The molecule has 2 aromatic rings. The zero-order valence-corrected chi connectivity index (χ0v) is 12.6. The molecule has 0 saturated heterocycles. The molecule has 0 spiro atoms. The van der Waals surface area contributed by atoms with Crippen molar-refractivity contribution in [1.82, 2.24) is 9.88 Å². The summed E-state index contributed by atoms with van der Waals surface area (Å²) in [5.41, 5.74) is 9.09. The van der Waals surface area contributed by atoms with Crippen LogP contribution in [-0.4, -0.2) is 16.9 Å². The van der Waals surface area contributed by atoms with Crippen LogP contribution in [0.15, 0.2) is 47.1 Å². The molecular weight excluding hydrogens is 302 g/mol. The average molecular weight is 320 g/mol. The summed E-state index contributed by atoms with van der Waals surface area (Å²) in [6, 6.07) is 12.5. The molecule has 3 nitrogen and oxygen atoms in total. The molecule has 0 atom stereocenters. The van der Waals surface area contributed by atoms with Crippen molar-refractivity contribution < 1.29 is 0 Å². The highest BCUT2D eigenvalue weighted by atomic mass is 79.9. The van der Waals surface area contributed by atoms with E-state index in [1.165, 1.54) is 11.1 Å². The molecule has 1 aromatic heterocycles. The average Bonchev–Trinajstić information content (AvgIpc) is 2.38. The van der Waals surface area contributed by atoms with Crippen LogP contribution in [0.5, 0.6) is 0 Å². The topological polar surface area (TPSA) is 42.2 Å². The summed E-state index contributed by atoms with van der Waals surface area (Å²) < 4.78 is 1.12. The number of benzene rings is 1. The van der Waals surface area contributed by atoms with E-state index in [1.54, 1.807) is 0 Å². The van der Waals surface area contributed by atoms with Crippen molar-refractivity contribution in [2.75, 3.05) is 7.05 Å². The van der Waals surface area contributed by atoms with Crippen molar-refractivity contribution in [3.63, 3.8) is 0 Å². The highest BCUT2D eigenvalue weighted by Crippen LogP contribution is 2.14. The molecule has 0 aliphatic carbocycles. The molecule has 0 fully saturated rings. The van der Waals surface area contributed by atoms with Gasteiger partial charge in [0.2, 0.25) is 0 Å². The van der Waals surface area contributed by atoms with E-state index in [9.17, 15) is 0 Å². The second kappa shape index (κ2) is 6.80. The number of halogens is 1. The number of hydrogen-bond acceptors (Lipinski definition) is 3. The van der Waals surface area contributed by atoms with Gasteiger partial charge in [-0.05, 0) is 42.4 Å². The fraction of sp³-hybridized carbons (Fsp3) is 0.267. The van der Waals surface area contributed by atoms with Gasteiger partial charge in [0.05, 0.1) is 5.69 Å². The van der Waals surface area contributed by atoms with Gasteiger partial charge in [0.25, 0.3) is 0 Å². The van der Waals surface area contributed by atoms with Crippen molar-refractivity contribution in [1.29, 1.82) is 0 Å². The highest BCUT2D eigenvalue weighted by molar-refractivity contribution is 9.10. The maximum absolute atomic E-state index is 5.61. The summed E-state index contributed by atoms with van der Waals surface area (Å²) in [5, 5.41) is 0. The molecule has 1 aromatic carbocycles. The smallest absolute Gasteiger partial charge is 0.0542 e. The van der Waals surface area contributed by atoms with E-state index in [2.05, 4.69) is 57.1 Å². The van der Waals surface area contributed by atoms with Crippen LogP contribution in [0, 0.1) is 0 Å². The summed E-state index contributed by atoms with van der Waals surface area (Å²) in [7, 11) is 2.11. The van der Waals surface area contributed by atoms with Gasteiger partial charge in [-0.25, -0.2) is 0 Å². The third-order valence-electron chi connectivity index (χ3n) is 2.88. The van der Waals surface area contributed by atoms with E-state index in [-0.39, 0.29) is 0 Å². The third kappa shape index (κ3) is 4.42.